The zero-order valence-electron chi connectivity index (χ0n) is 8.19. The summed E-state index contributed by atoms with van der Waals surface area (Å²) < 4.78 is 0. The van der Waals surface area contributed by atoms with E-state index in [1.165, 1.54) is 17.7 Å². The summed E-state index contributed by atoms with van der Waals surface area (Å²) >= 11 is 0. The van der Waals surface area contributed by atoms with Crippen LogP contribution in [-0.2, 0) is 0 Å². The smallest absolute Gasteiger partial charge is 0.0407 e. The summed E-state index contributed by atoms with van der Waals surface area (Å²) in [4.78, 5) is 4.30. The Kier molecular flexibility index (Phi) is 6.09. The van der Waals surface area contributed by atoms with Gasteiger partial charge < -0.3 is 5.32 Å². The first-order valence-electron chi connectivity index (χ1n) is 4.50. The molecule has 2 rings (SSSR count). The van der Waals surface area contributed by atoms with Crippen LogP contribution in [0.15, 0.2) is 18.3 Å². The van der Waals surface area contributed by atoms with Crippen molar-refractivity contribution in [2.45, 2.75) is 19.3 Å². The summed E-state index contributed by atoms with van der Waals surface area (Å²) in [5.74, 6) is 0.693. The number of hydrogen-bond acceptors (Lipinski definition) is 2. The highest BCUT2D eigenvalue weighted by molar-refractivity contribution is 5.85. The topological polar surface area (TPSA) is 24.9 Å². The monoisotopic (exact) mass is 234 g/mol. The standard InChI is InChI=1S/C10H14N2.2ClH/c1-8-10(3-2-5-12-8)9-4-6-11-7-9;;/h2-3,5,9,11H,4,6-7H2,1H3;2*1H. The first kappa shape index (κ1) is 13.7. The zero-order valence-corrected chi connectivity index (χ0v) is 9.83. The first-order chi connectivity index (χ1) is 5.88. The van der Waals surface area contributed by atoms with Gasteiger partial charge in [0.1, 0.15) is 0 Å². The molecule has 2 nitrogen and oxygen atoms in total. The molecule has 80 valence electrons. The van der Waals surface area contributed by atoms with Gasteiger partial charge in [-0.15, -0.1) is 24.8 Å². The van der Waals surface area contributed by atoms with Gasteiger partial charge >= 0.3 is 0 Å². The van der Waals surface area contributed by atoms with Crippen LogP contribution in [0.4, 0.5) is 0 Å². The van der Waals surface area contributed by atoms with Crippen LogP contribution in [0.1, 0.15) is 23.6 Å². The number of rotatable bonds is 1. The molecule has 0 spiro atoms. The molecular formula is C10H16Cl2N2. The lowest BCUT2D eigenvalue weighted by Crippen LogP contribution is -2.09. The number of halogens is 2. The lowest BCUT2D eigenvalue weighted by atomic mass is 9.97. The third kappa shape index (κ3) is 2.84. The molecule has 0 aromatic carbocycles. The minimum absolute atomic E-state index is 0. The molecule has 0 amide bonds. The van der Waals surface area contributed by atoms with Crippen LogP contribution in [0, 0.1) is 6.92 Å². The van der Waals surface area contributed by atoms with Crippen molar-refractivity contribution in [1.29, 1.82) is 0 Å². The van der Waals surface area contributed by atoms with Crippen LogP contribution in [0.2, 0.25) is 0 Å². The number of pyridine rings is 1. The number of nitrogens with one attached hydrogen (secondary N) is 1. The second kappa shape index (κ2) is 6.23. The molecule has 0 saturated carbocycles. The van der Waals surface area contributed by atoms with Crippen molar-refractivity contribution < 1.29 is 0 Å². The van der Waals surface area contributed by atoms with E-state index >= 15 is 0 Å². The van der Waals surface area contributed by atoms with E-state index in [4.69, 9.17) is 0 Å². The molecule has 14 heavy (non-hydrogen) atoms. The Labute approximate surface area is 97.3 Å². The fraction of sp³-hybridized carbons (Fsp3) is 0.500. The molecule has 1 saturated heterocycles. The van der Waals surface area contributed by atoms with E-state index in [0.717, 1.165) is 13.1 Å². The molecule has 1 N–H and O–H groups in total. The quantitative estimate of drug-likeness (QED) is 0.807. The van der Waals surface area contributed by atoms with Gasteiger partial charge in [0.05, 0.1) is 0 Å². The Morgan fingerprint density at radius 3 is 2.79 bits per heavy atom. The molecule has 1 aromatic heterocycles. The minimum Gasteiger partial charge on any atom is -0.316 e. The highest BCUT2D eigenvalue weighted by Crippen LogP contribution is 2.23. The maximum Gasteiger partial charge on any atom is 0.0407 e. The van der Waals surface area contributed by atoms with Crippen molar-refractivity contribution in [3.8, 4) is 0 Å². The van der Waals surface area contributed by atoms with Crippen LogP contribution >= 0.6 is 24.8 Å². The summed E-state index contributed by atoms with van der Waals surface area (Å²) in [6, 6.07) is 4.22. The number of hydrogen-bond donors (Lipinski definition) is 1. The van der Waals surface area contributed by atoms with Crippen molar-refractivity contribution in [1.82, 2.24) is 10.3 Å². The van der Waals surface area contributed by atoms with E-state index in [2.05, 4.69) is 23.3 Å². The predicted octanol–water partition coefficient (Wildman–Crippen LogP) is 2.31. The third-order valence-corrected chi connectivity index (χ3v) is 2.55. The van der Waals surface area contributed by atoms with E-state index < -0.39 is 0 Å². The van der Waals surface area contributed by atoms with E-state index in [9.17, 15) is 0 Å². The molecule has 1 aromatic rings. The van der Waals surface area contributed by atoms with Crippen LogP contribution in [0.5, 0.6) is 0 Å². The molecule has 4 heteroatoms. The summed E-state index contributed by atoms with van der Waals surface area (Å²) in [5.41, 5.74) is 2.61. The van der Waals surface area contributed by atoms with Crippen molar-refractivity contribution >= 4 is 24.8 Å². The molecule has 1 unspecified atom stereocenters. The summed E-state index contributed by atoms with van der Waals surface area (Å²) in [6.07, 6.45) is 3.12. The first-order valence-corrected chi connectivity index (χ1v) is 4.50. The molecule has 1 aliphatic heterocycles. The van der Waals surface area contributed by atoms with Crippen LogP contribution in [-0.4, -0.2) is 18.1 Å². The van der Waals surface area contributed by atoms with Gasteiger partial charge in [0, 0.05) is 18.4 Å². The average Bonchev–Trinajstić information content (AvgIpc) is 2.57. The Hall–Kier alpha value is -0.310. The fourth-order valence-electron chi connectivity index (χ4n) is 1.85. The molecule has 2 heterocycles. The lowest BCUT2D eigenvalue weighted by Gasteiger charge is -2.10. The van der Waals surface area contributed by atoms with Gasteiger partial charge in [0.25, 0.3) is 0 Å². The Bertz CT molecular complexity index is 273. The van der Waals surface area contributed by atoms with E-state index in [1.54, 1.807) is 0 Å². The van der Waals surface area contributed by atoms with Gasteiger partial charge in [0.15, 0.2) is 0 Å². The lowest BCUT2D eigenvalue weighted by molar-refractivity contribution is 0.750. The van der Waals surface area contributed by atoms with Crippen molar-refractivity contribution in [3.63, 3.8) is 0 Å². The minimum atomic E-state index is 0. The van der Waals surface area contributed by atoms with E-state index in [-0.39, 0.29) is 24.8 Å². The second-order valence-electron chi connectivity index (χ2n) is 3.37. The molecule has 0 aliphatic carbocycles. The largest absolute Gasteiger partial charge is 0.316 e. The predicted molar refractivity (Wildman–Crippen MR) is 63.7 cm³/mol. The SMILES string of the molecule is Cc1ncccc1C1CCNC1.Cl.Cl. The van der Waals surface area contributed by atoms with Gasteiger partial charge in [-0.3, -0.25) is 4.98 Å². The normalized spacial score (nSPS) is 19.6. The Morgan fingerprint density at radius 1 is 1.43 bits per heavy atom. The molecule has 0 bridgehead atoms. The summed E-state index contributed by atoms with van der Waals surface area (Å²) in [7, 11) is 0. The van der Waals surface area contributed by atoms with Gasteiger partial charge in [-0.2, -0.15) is 0 Å². The molecule has 1 atom stereocenters. The van der Waals surface area contributed by atoms with E-state index in [0.29, 0.717) is 5.92 Å². The van der Waals surface area contributed by atoms with Gasteiger partial charge in [-0.25, -0.2) is 0 Å². The maximum absolute atomic E-state index is 4.30. The highest BCUT2D eigenvalue weighted by atomic mass is 35.5. The van der Waals surface area contributed by atoms with Crippen molar-refractivity contribution in [2.75, 3.05) is 13.1 Å². The van der Waals surface area contributed by atoms with Crippen molar-refractivity contribution in [3.05, 3.63) is 29.6 Å². The third-order valence-electron chi connectivity index (χ3n) is 2.55. The Balaban J connectivity index is 0.000000845. The average molecular weight is 235 g/mol. The number of aromatic nitrogens is 1. The van der Waals surface area contributed by atoms with E-state index in [1.807, 2.05) is 12.3 Å². The molecule has 0 radical (unpaired) electrons. The Morgan fingerprint density at radius 2 is 2.21 bits per heavy atom. The fourth-order valence-corrected chi connectivity index (χ4v) is 1.85. The van der Waals surface area contributed by atoms with Gasteiger partial charge in [-0.05, 0) is 37.4 Å². The molecule has 1 aliphatic rings. The summed E-state index contributed by atoms with van der Waals surface area (Å²) in [5, 5.41) is 3.37. The van der Waals surface area contributed by atoms with Crippen LogP contribution in [0.3, 0.4) is 0 Å². The zero-order chi connectivity index (χ0) is 8.39. The molecule has 1 fully saturated rings. The summed E-state index contributed by atoms with van der Waals surface area (Å²) in [6.45, 7) is 4.36. The highest BCUT2D eigenvalue weighted by Gasteiger charge is 2.17. The molecular weight excluding hydrogens is 219 g/mol. The number of nitrogens with zero attached hydrogens (tertiary/aromatic N) is 1. The second-order valence-corrected chi connectivity index (χ2v) is 3.37. The maximum atomic E-state index is 4.30. The van der Waals surface area contributed by atoms with Crippen molar-refractivity contribution in [2.24, 2.45) is 0 Å². The van der Waals surface area contributed by atoms with Crippen LogP contribution in [0.25, 0.3) is 0 Å². The van der Waals surface area contributed by atoms with Gasteiger partial charge in [-0.1, -0.05) is 6.07 Å². The van der Waals surface area contributed by atoms with Crippen LogP contribution < -0.4 is 5.32 Å². The number of aryl methyl sites for hydroxylation is 1. The van der Waals surface area contributed by atoms with Gasteiger partial charge in [0.2, 0.25) is 0 Å².